The summed E-state index contributed by atoms with van der Waals surface area (Å²) in [6.45, 7) is 4.38. The van der Waals surface area contributed by atoms with E-state index in [0.717, 1.165) is 24.7 Å². The Morgan fingerprint density at radius 2 is 1.36 bits per heavy atom. The monoisotopic (exact) mass is 678 g/mol. The first kappa shape index (κ1) is 38.8. The molecule has 4 aliphatic carbocycles. The van der Waals surface area contributed by atoms with E-state index in [-0.39, 0.29) is 24.8 Å². The molecule has 0 unspecified atom stereocenters. The van der Waals surface area contributed by atoms with Crippen molar-refractivity contribution < 1.29 is 24.2 Å². The third-order valence-corrected chi connectivity index (χ3v) is 8.45. The van der Waals surface area contributed by atoms with Crippen LogP contribution in [0.2, 0.25) is 0 Å². The molecule has 0 atom stereocenters. The standard InChI is InChI=1S/C17H11.2C8H15.C5H5.CH2.2ClH.Zr/c1-3-7-14-12(5-1)9-10-16-15-8-4-2-6-13(15)11-17(14)16;2*1-2-8-6-4-3-5-7-8;1-2-4-5-3-1;;;;/h1-6,8-10H,11H2;2*2,8H,3-7H2,1H3;1-3H,4H2;1H2;2*1H;/q4*-1;;;;. The fraction of sp³-hybridized carbons (Fsp3) is 0.410. The van der Waals surface area contributed by atoms with Crippen molar-refractivity contribution in [3.05, 3.63) is 109 Å². The van der Waals surface area contributed by atoms with Gasteiger partial charge in [-0.1, -0.05) is 106 Å². The minimum Gasteiger partial charge on any atom is -0.147 e. The molecule has 4 aliphatic rings. The van der Waals surface area contributed by atoms with Gasteiger partial charge < -0.3 is 12.8 Å². The molecule has 0 heterocycles. The van der Waals surface area contributed by atoms with Crippen LogP contribution in [0, 0.1) is 36.8 Å². The van der Waals surface area contributed by atoms with E-state index < -0.39 is 0 Å². The summed E-state index contributed by atoms with van der Waals surface area (Å²) in [6, 6.07) is 22.7. The molecule has 0 saturated heterocycles. The summed E-state index contributed by atoms with van der Waals surface area (Å²) in [5.41, 5.74) is 5.65. The van der Waals surface area contributed by atoms with Crippen LogP contribution in [-0.2, 0) is 30.7 Å². The number of fused-ring (bicyclic) bond motifs is 5. The summed E-state index contributed by atoms with van der Waals surface area (Å²) in [7, 11) is 0. The summed E-state index contributed by atoms with van der Waals surface area (Å²) >= 11 is 1.30. The summed E-state index contributed by atoms with van der Waals surface area (Å²) in [5, 5.41) is 2.57. The Hall–Kier alpha value is -1.27. The Morgan fingerprint density at radius 1 is 0.738 bits per heavy atom. The predicted molar refractivity (Wildman–Crippen MR) is 187 cm³/mol. The summed E-state index contributed by atoms with van der Waals surface area (Å²) in [4.78, 5) is 0. The molecule has 0 amide bonds. The fourth-order valence-corrected chi connectivity index (χ4v) is 6.10. The summed E-state index contributed by atoms with van der Waals surface area (Å²) in [6.07, 6.45) is 30.4. The number of rotatable bonds is 2. The first-order valence-electron chi connectivity index (χ1n) is 15.5. The van der Waals surface area contributed by atoms with Gasteiger partial charge in [-0.25, -0.2) is 12.2 Å². The number of allylic oxidation sites excluding steroid dienone is 4. The van der Waals surface area contributed by atoms with Crippen molar-refractivity contribution in [3.8, 4) is 11.1 Å². The molecule has 0 aliphatic heterocycles. The van der Waals surface area contributed by atoms with Crippen LogP contribution < -0.4 is 0 Å². The molecule has 0 radical (unpaired) electrons. The van der Waals surface area contributed by atoms with Gasteiger partial charge in [0.1, 0.15) is 0 Å². The number of hydrogen-bond donors (Lipinski definition) is 0. The zero-order chi connectivity index (χ0) is 28.4. The maximum atomic E-state index is 3.39. The van der Waals surface area contributed by atoms with Crippen molar-refractivity contribution in [2.75, 3.05) is 0 Å². The smallest absolute Gasteiger partial charge is 0.0246 e. The van der Waals surface area contributed by atoms with Crippen molar-refractivity contribution in [2.45, 2.75) is 90.9 Å². The number of halogens is 2. The first-order valence-corrected chi connectivity index (χ1v) is 17.2. The molecule has 3 aromatic rings. The predicted octanol–water partition coefficient (Wildman–Crippen LogP) is 11.9. The van der Waals surface area contributed by atoms with Gasteiger partial charge in [0.2, 0.25) is 0 Å². The van der Waals surface area contributed by atoms with Crippen molar-refractivity contribution >= 4 is 39.8 Å². The third-order valence-electron chi connectivity index (χ3n) is 8.45. The van der Waals surface area contributed by atoms with Crippen LogP contribution in [-0.4, -0.2) is 4.21 Å². The molecule has 7 rings (SSSR count). The Labute approximate surface area is 285 Å². The average Bonchev–Trinajstić information content (AvgIpc) is 3.76. The topological polar surface area (TPSA) is 0 Å². The third kappa shape index (κ3) is 12.4. The second-order valence-corrected chi connectivity index (χ2v) is 11.0. The van der Waals surface area contributed by atoms with Crippen molar-refractivity contribution in [1.29, 1.82) is 0 Å². The van der Waals surface area contributed by atoms with Gasteiger partial charge in [0.05, 0.1) is 0 Å². The van der Waals surface area contributed by atoms with Gasteiger partial charge in [-0.15, -0.1) is 71.8 Å². The molecule has 0 spiro atoms. The minimum absolute atomic E-state index is 0. The SMILES string of the molecule is C[CH-]C1CCCCC1.C[CH-]C1CCCCC1.Cl.Cl.[C-]1=CC=CC1.[CH2]=[Zr].[c-]1cccc2ccc3c(c12)Cc1ccccc1-3. The first-order chi connectivity index (χ1) is 19.8. The fourth-order valence-electron chi connectivity index (χ4n) is 6.10. The van der Waals surface area contributed by atoms with Crippen molar-refractivity contribution in [2.24, 2.45) is 11.8 Å². The van der Waals surface area contributed by atoms with Crippen molar-refractivity contribution in [1.82, 2.24) is 0 Å². The van der Waals surface area contributed by atoms with Gasteiger partial charge in [0.25, 0.3) is 0 Å². The van der Waals surface area contributed by atoms with E-state index in [1.54, 1.807) is 0 Å². The molecule has 3 aromatic carbocycles. The van der Waals surface area contributed by atoms with Crippen LogP contribution >= 0.6 is 24.8 Å². The van der Waals surface area contributed by atoms with Gasteiger partial charge in [-0.05, 0) is 17.5 Å². The molecule has 42 heavy (non-hydrogen) atoms. The molecule has 0 aromatic heterocycles. The van der Waals surface area contributed by atoms with E-state index in [0.29, 0.717) is 0 Å². The molecule has 0 N–H and O–H groups in total. The van der Waals surface area contributed by atoms with E-state index in [2.05, 4.69) is 97.7 Å². The Morgan fingerprint density at radius 3 is 1.86 bits per heavy atom. The average molecular weight is 681 g/mol. The Balaban J connectivity index is 0.000000300. The Bertz CT molecular complexity index is 1160. The van der Waals surface area contributed by atoms with Crippen LogP contribution in [0.5, 0.6) is 0 Å². The van der Waals surface area contributed by atoms with E-state index in [9.17, 15) is 0 Å². The molecule has 2 fully saturated rings. The van der Waals surface area contributed by atoms with Crippen LogP contribution in [0.15, 0.2) is 72.8 Å². The molecule has 3 heteroatoms. The second-order valence-electron chi connectivity index (χ2n) is 11.0. The summed E-state index contributed by atoms with van der Waals surface area (Å²) < 4.78 is 3.34. The maximum absolute atomic E-state index is 3.39. The van der Waals surface area contributed by atoms with Gasteiger partial charge in [0, 0.05) is 0 Å². The molecular formula is C39H50Cl2Zr-4. The molecule has 0 bridgehead atoms. The molecule has 228 valence electrons. The zero-order valence-electron chi connectivity index (χ0n) is 25.7. The van der Waals surface area contributed by atoms with Gasteiger partial charge in [-0.3, -0.25) is 6.08 Å². The number of benzene rings is 3. The quantitative estimate of drug-likeness (QED) is 0.185. The van der Waals surface area contributed by atoms with E-state index >= 15 is 0 Å². The maximum Gasteiger partial charge on any atom is -0.0246 e. The molecular weight excluding hydrogens is 631 g/mol. The minimum atomic E-state index is 0. The normalized spacial score (nSPS) is 16.2. The van der Waals surface area contributed by atoms with Crippen LogP contribution in [0.1, 0.15) is 95.6 Å². The zero-order valence-corrected chi connectivity index (χ0v) is 29.8. The number of hydrogen-bond acceptors (Lipinski definition) is 0. The second kappa shape index (κ2) is 23.2. The van der Waals surface area contributed by atoms with E-state index in [4.69, 9.17) is 0 Å². The van der Waals surface area contributed by atoms with Crippen LogP contribution in [0.4, 0.5) is 0 Å². The molecule has 0 nitrogen and oxygen atoms in total. The van der Waals surface area contributed by atoms with E-state index in [1.807, 2.05) is 18.2 Å². The molecule has 2 saturated carbocycles. The van der Waals surface area contributed by atoms with Gasteiger partial charge in [-0.2, -0.15) is 31.8 Å². The van der Waals surface area contributed by atoms with Gasteiger partial charge >= 0.3 is 28.4 Å². The van der Waals surface area contributed by atoms with Crippen molar-refractivity contribution in [3.63, 3.8) is 0 Å². The van der Waals surface area contributed by atoms with Gasteiger partial charge in [0.15, 0.2) is 0 Å². The Kier molecular flexibility index (Phi) is 21.4. The summed E-state index contributed by atoms with van der Waals surface area (Å²) in [5.74, 6) is 1.92. The van der Waals surface area contributed by atoms with E-state index in [1.165, 1.54) is 121 Å². The van der Waals surface area contributed by atoms with Crippen LogP contribution in [0.3, 0.4) is 0 Å². The largest absolute Gasteiger partial charge is 0.147 e. The van der Waals surface area contributed by atoms with Crippen LogP contribution in [0.25, 0.3) is 21.9 Å².